The number of aromatic nitrogens is 2. The fourth-order valence-electron chi connectivity index (χ4n) is 0.839. The highest BCUT2D eigenvalue weighted by atomic mass is 127. The van der Waals surface area contributed by atoms with Crippen LogP contribution < -0.4 is 0 Å². The second kappa shape index (κ2) is 5.89. The van der Waals surface area contributed by atoms with Gasteiger partial charge in [-0.05, 0) is 67.8 Å². The van der Waals surface area contributed by atoms with Gasteiger partial charge in [0.2, 0.25) is 0 Å². The predicted octanol–water partition coefficient (Wildman–Crippen LogP) is 3.24. The Hall–Kier alpha value is 0.480. The third-order valence-corrected chi connectivity index (χ3v) is 3.65. The van der Waals surface area contributed by atoms with Crippen molar-refractivity contribution in [2.75, 3.05) is 7.11 Å². The Balaban J connectivity index is 2.96. The summed E-state index contributed by atoms with van der Waals surface area (Å²) >= 11 is 6.75. The quantitative estimate of drug-likeness (QED) is 0.327. The minimum atomic E-state index is -0.491. The van der Waals surface area contributed by atoms with E-state index < -0.39 is 5.97 Å². The van der Waals surface area contributed by atoms with Gasteiger partial charge in [-0.2, -0.15) is 0 Å². The van der Waals surface area contributed by atoms with Crippen LogP contribution >= 0.6 is 67.8 Å². The van der Waals surface area contributed by atoms with Crippen molar-refractivity contribution in [3.63, 3.8) is 0 Å². The van der Waals surface area contributed by atoms with Gasteiger partial charge >= 0.3 is 5.97 Å². The van der Waals surface area contributed by atoms with Crippen molar-refractivity contribution in [1.82, 2.24) is 9.97 Å². The molecule has 1 aromatic rings. The molecule has 16 heavy (non-hydrogen) atoms. The van der Waals surface area contributed by atoms with E-state index in [-0.39, 0.29) is 5.13 Å². The number of methoxy groups -OCH3 is 1. The topological polar surface area (TPSA) is 52.1 Å². The molecule has 0 saturated carbocycles. The van der Waals surface area contributed by atoms with Gasteiger partial charge in [0.15, 0.2) is 5.13 Å². The maximum absolute atomic E-state index is 11.1. The molecule has 0 aliphatic carbocycles. The number of allylic oxidation sites excluding steroid dienone is 1. The standard InChI is InChI=1S/C9H7I3N2O2/c1-5(9(10,11)12)6-3-14-7(4-13-6)8(15)16-2/h3-4H,1H2,2H3. The maximum atomic E-state index is 11.1. The molecule has 86 valence electrons. The maximum Gasteiger partial charge on any atom is 0.358 e. The van der Waals surface area contributed by atoms with Crippen LogP contribution in [-0.4, -0.2) is 22.5 Å². The van der Waals surface area contributed by atoms with Crippen LogP contribution in [0.3, 0.4) is 0 Å². The Morgan fingerprint density at radius 1 is 1.31 bits per heavy atom. The predicted molar refractivity (Wildman–Crippen MR) is 87.2 cm³/mol. The van der Waals surface area contributed by atoms with Gasteiger partial charge in [0.05, 0.1) is 25.2 Å². The van der Waals surface area contributed by atoms with E-state index in [9.17, 15) is 4.79 Å². The Bertz CT molecular complexity index is 412. The minimum Gasteiger partial charge on any atom is -0.464 e. The number of ether oxygens (including phenoxy) is 1. The lowest BCUT2D eigenvalue weighted by molar-refractivity contribution is 0.0593. The lowest BCUT2D eigenvalue weighted by Gasteiger charge is -2.14. The first-order valence-electron chi connectivity index (χ1n) is 4.03. The Kier molecular flexibility index (Phi) is 5.35. The van der Waals surface area contributed by atoms with Crippen LogP contribution in [0.5, 0.6) is 0 Å². The molecule has 0 amide bonds. The average molecular weight is 556 g/mol. The van der Waals surface area contributed by atoms with Gasteiger partial charge in [-0.3, -0.25) is 4.98 Å². The van der Waals surface area contributed by atoms with Crippen LogP contribution in [-0.2, 0) is 4.74 Å². The lowest BCUT2D eigenvalue weighted by Crippen LogP contribution is -2.08. The zero-order valence-electron chi connectivity index (χ0n) is 8.21. The first-order valence-corrected chi connectivity index (χ1v) is 7.26. The molecule has 0 radical (unpaired) electrons. The molecule has 0 spiro atoms. The zero-order chi connectivity index (χ0) is 12.3. The molecule has 1 aromatic heterocycles. The minimum absolute atomic E-state index is 0.158. The summed E-state index contributed by atoms with van der Waals surface area (Å²) < 4.78 is 4.38. The molecule has 0 atom stereocenters. The van der Waals surface area contributed by atoms with Crippen LogP contribution in [0.2, 0.25) is 0 Å². The monoisotopic (exact) mass is 556 g/mol. The van der Waals surface area contributed by atoms with E-state index in [0.29, 0.717) is 5.69 Å². The van der Waals surface area contributed by atoms with E-state index in [1.165, 1.54) is 19.5 Å². The molecular formula is C9H7I3N2O2. The van der Waals surface area contributed by atoms with Crippen molar-refractivity contribution in [2.24, 2.45) is 0 Å². The number of hydrogen-bond acceptors (Lipinski definition) is 4. The molecule has 4 nitrogen and oxygen atoms in total. The van der Waals surface area contributed by atoms with Gasteiger partial charge in [0, 0.05) is 5.57 Å². The number of halogens is 3. The third kappa shape index (κ3) is 3.75. The number of carbonyl (C=O) groups is 1. The largest absolute Gasteiger partial charge is 0.464 e. The number of nitrogens with zero attached hydrogens (tertiary/aromatic N) is 2. The van der Waals surface area contributed by atoms with Crippen molar-refractivity contribution in [1.29, 1.82) is 0 Å². The summed E-state index contributed by atoms with van der Waals surface area (Å²) in [6.45, 7) is 3.95. The van der Waals surface area contributed by atoms with Crippen molar-refractivity contribution >= 4 is 79.3 Å². The van der Waals surface area contributed by atoms with E-state index in [4.69, 9.17) is 0 Å². The van der Waals surface area contributed by atoms with Crippen LogP contribution in [0.1, 0.15) is 16.2 Å². The summed E-state index contributed by atoms with van der Waals surface area (Å²) in [6.07, 6.45) is 2.92. The summed E-state index contributed by atoms with van der Waals surface area (Å²) in [7, 11) is 1.31. The van der Waals surface area contributed by atoms with Gasteiger partial charge in [-0.25, -0.2) is 9.78 Å². The normalized spacial score (nSPS) is 11.0. The molecule has 0 aliphatic heterocycles. The van der Waals surface area contributed by atoms with E-state index >= 15 is 0 Å². The highest BCUT2D eigenvalue weighted by molar-refractivity contribution is 14.3. The molecular weight excluding hydrogens is 549 g/mol. The van der Waals surface area contributed by atoms with Crippen molar-refractivity contribution in [3.05, 3.63) is 30.4 Å². The second-order valence-corrected chi connectivity index (χ2v) is 13.8. The molecule has 1 rings (SSSR count). The van der Waals surface area contributed by atoms with Gasteiger partial charge in [-0.1, -0.05) is 6.58 Å². The summed E-state index contributed by atoms with van der Waals surface area (Å²) in [5, 5.41) is 0. The van der Waals surface area contributed by atoms with Gasteiger partial charge in [0.1, 0.15) is 0 Å². The summed E-state index contributed by atoms with van der Waals surface area (Å²) in [5.74, 6) is -0.491. The smallest absolute Gasteiger partial charge is 0.358 e. The SMILES string of the molecule is C=C(c1cnc(C(=O)OC)cn1)C(I)(I)I. The van der Waals surface area contributed by atoms with E-state index in [1.807, 2.05) is 0 Å². The fourth-order valence-corrected chi connectivity index (χ4v) is 1.67. The number of carbonyl (C=O) groups excluding carboxylic acids is 1. The number of hydrogen-bond donors (Lipinski definition) is 0. The highest BCUT2D eigenvalue weighted by Gasteiger charge is 2.24. The van der Waals surface area contributed by atoms with Crippen LogP contribution in [0, 0.1) is 0 Å². The zero-order valence-corrected chi connectivity index (χ0v) is 14.7. The van der Waals surface area contributed by atoms with Crippen LogP contribution in [0.4, 0.5) is 0 Å². The number of esters is 1. The lowest BCUT2D eigenvalue weighted by atomic mass is 10.2. The molecule has 0 aliphatic rings. The average Bonchev–Trinajstić information content (AvgIpc) is 2.26. The van der Waals surface area contributed by atoms with Crippen LogP contribution in [0.25, 0.3) is 5.57 Å². The van der Waals surface area contributed by atoms with E-state index in [1.54, 1.807) is 0 Å². The Labute approximate surface area is 134 Å². The highest BCUT2D eigenvalue weighted by Crippen LogP contribution is 2.45. The van der Waals surface area contributed by atoms with Gasteiger partial charge in [-0.15, -0.1) is 0 Å². The number of rotatable bonds is 3. The third-order valence-electron chi connectivity index (χ3n) is 1.70. The first kappa shape index (κ1) is 14.5. The summed E-state index contributed by atoms with van der Waals surface area (Å²) in [6, 6.07) is 0. The van der Waals surface area contributed by atoms with E-state index in [2.05, 4.69) is 89.1 Å². The van der Waals surface area contributed by atoms with Crippen molar-refractivity contribution in [3.8, 4) is 0 Å². The fraction of sp³-hybridized carbons (Fsp3) is 0.222. The molecule has 0 saturated heterocycles. The van der Waals surface area contributed by atoms with Gasteiger partial charge < -0.3 is 4.74 Å². The molecule has 7 heteroatoms. The molecule has 1 heterocycles. The molecule has 0 fully saturated rings. The van der Waals surface area contributed by atoms with E-state index in [0.717, 1.165) is 5.57 Å². The number of alkyl halides is 3. The molecule has 0 N–H and O–H groups in total. The molecule has 0 unspecified atom stereocenters. The summed E-state index contributed by atoms with van der Waals surface area (Å²) in [5.41, 5.74) is 1.71. The Morgan fingerprint density at radius 3 is 2.19 bits per heavy atom. The Morgan fingerprint density at radius 2 is 1.81 bits per heavy atom. The van der Waals surface area contributed by atoms with Crippen molar-refractivity contribution in [2.45, 2.75) is -0.565 Å². The van der Waals surface area contributed by atoms with Crippen molar-refractivity contribution < 1.29 is 9.53 Å². The van der Waals surface area contributed by atoms with Crippen LogP contribution in [0.15, 0.2) is 19.0 Å². The summed E-state index contributed by atoms with van der Waals surface area (Å²) in [4.78, 5) is 19.3. The second-order valence-electron chi connectivity index (χ2n) is 2.75. The van der Waals surface area contributed by atoms with Gasteiger partial charge in [0.25, 0.3) is 0 Å². The molecule has 0 aromatic carbocycles. The first-order chi connectivity index (χ1) is 7.36. The molecule has 0 bridgehead atoms.